The molecule has 25 heavy (non-hydrogen) atoms. The van der Waals surface area contributed by atoms with Crippen LogP contribution >= 0.6 is 0 Å². The van der Waals surface area contributed by atoms with Crippen LogP contribution in [0.1, 0.15) is 15.9 Å². The molecule has 2 aromatic carbocycles. The summed E-state index contributed by atoms with van der Waals surface area (Å²) >= 11 is 0. The van der Waals surface area contributed by atoms with Crippen LogP contribution in [0.2, 0.25) is 0 Å². The summed E-state index contributed by atoms with van der Waals surface area (Å²) in [5.74, 6) is 0.125. The zero-order valence-electron chi connectivity index (χ0n) is 13.4. The number of rotatable bonds is 6. The molecule has 1 amide bonds. The fourth-order valence-electron chi connectivity index (χ4n) is 1.92. The van der Waals surface area contributed by atoms with E-state index in [1.165, 1.54) is 32.4 Å². The fraction of sp³-hybridized carbons (Fsp3) is 0.125. The SMILES string of the molecule is COc1cc(OC)cc(C(=O)NN=Cc2cc([N+](=O)[O-])ccc2O)c1. The number of hydrogen-bond acceptors (Lipinski definition) is 7. The van der Waals surface area contributed by atoms with E-state index in [2.05, 4.69) is 10.5 Å². The van der Waals surface area contributed by atoms with Crippen molar-refractivity contribution in [2.24, 2.45) is 5.10 Å². The van der Waals surface area contributed by atoms with E-state index in [1.54, 1.807) is 6.07 Å². The molecule has 130 valence electrons. The van der Waals surface area contributed by atoms with Gasteiger partial charge in [-0.25, -0.2) is 5.43 Å². The van der Waals surface area contributed by atoms with Crippen LogP contribution in [0, 0.1) is 10.1 Å². The summed E-state index contributed by atoms with van der Waals surface area (Å²) in [6, 6.07) is 8.08. The van der Waals surface area contributed by atoms with Gasteiger partial charge in [0.25, 0.3) is 11.6 Å². The number of nitro groups is 1. The molecule has 0 spiro atoms. The highest BCUT2D eigenvalue weighted by molar-refractivity contribution is 5.96. The average molecular weight is 345 g/mol. The molecule has 0 saturated carbocycles. The molecular weight excluding hydrogens is 330 g/mol. The lowest BCUT2D eigenvalue weighted by molar-refractivity contribution is -0.384. The maximum Gasteiger partial charge on any atom is 0.271 e. The lowest BCUT2D eigenvalue weighted by atomic mass is 10.2. The van der Waals surface area contributed by atoms with Crippen LogP contribution in [0.15, 0.2) is 41.5 Å². The van der Waals surface area contributed by atoms with Crippen LogP contribution in [0.5, 0.6) is 17.2 Å². The number of aromatic hydroxyl groups is 1. The van der Waals surface area contributed by atoms with Crippen LogP contribution in [0.4, 0.5) is 5.69 Å². The lowest BCUT2D eigenvalue weighted by Gasteiger charge is -2.07. The van der Waals surface area contributed by atoms with Gasteiger partial charge >= 0.3 is 0 Å². The van der Waals surface area contributed by atoms with E-state index in [9.17, 15) is 20.0 Å². The number of nitrogens with one attached hydrogen (secondary N) is 1. The number of methoxy groups -OCH3 is 2. The molecule has 9 nitrogen and oxygen atoms in total. The van der Waals surface area contributed by atoms with Crippen LogP contribution in [0.25, 0.3) is 0 Å². The Bertz CT molecular complexity index is 812. The number of nitrogens with zero attached hydrogens (tertiary/aromatic N) is 2. The molecule has 0 aliphatic rings. The predicted molar refractivity (Wildman–Crippen MR) is 89.4 cm³/mol. The number of nitro benzene ring substituents is 1. The highest BCUT2D eigenvalue weighted by Crippen LogP contribution is 2.23. The quantitative estimate of drug-likeness (QED) is 0.469. The largest absolute Gasteiger partial charge is 0.507 e. The first-order valence-electron chi connectivity index (χ1n) is 6.98. The number of phenols is 1. The summed E-state index contributed by atoms with van der Waals surface area (Å²) in [4.78, 5) is 22.3. The van der Waals surface area contributed by atoms with Crippen molar-refractivity contribution >= 4 is 17.8 Å². The zero-order chi connectivity index (χ0) is 18.4. The topological polar surface area (TPSA) is 123 Å². The van der Waals surface area contributed by atoms with Crippen LogP contribution in [-0.2, 0) is 0 Å². The minimum Gasteiger partial charge on any atom is -0.507 e. The van der Waals surface area contributed by atoms with Crippen LogP contribution in [0.3, 0.4) is 0 Å². The molecule has 2 rings (SSSR count). The molecule has 2 aromatic rings. The summed E-state index contributed by atoms with van der Waals surface area (Å²) in [5, 5.41) is 24.1. The Balaban J connectivity index is 2.16. The molecule has 0 aliphatic carbocycles. The number of non-ortho nitro benzene ring substituents is 1. The number of benzene rings is 2. The maximum absolute atomic E-state index is 12.1. The number of phenolic OH excluding ortho intramolecular Hbond substituents is 1. The normalized spacial score (nSPS) is 10.5. The van der Waals surface area contributed by atoms with Crippen molar-refractivity contribution in [1.29, 1.82) is 0 Å². The minimum absolute atomic E-state index is 0.0951. The molecule has 2 N–H and O–H groups in total. The monoisotopic (exact) mass is 345 g/mol. The van der Waals surface area contributed by atoms with Gasteiger partial charge in [-0.2, -0.15) is 5.10 Å². The van der Waals surface area contributed by atoms with Gasteiger partial charge in [-0.15, -0.1) is 0 Å². The second-order valence-electron chi connectivity index (χ2n) is 4.80. The average Bonchev–Trinajstić information content (AvgIpc) is 2.62. The van der Waals surface area contributed by atoms with E-state index >= 15 is 0 Å². The maximum atomic E-state index is 12.1. The molecule has 0 aliphatic heterocycles. The van der Waals surface area contributed by atoms with Crippen molar-refractivity contribution in [2.75, 3.05) is 14.2 Å². The van der Waals surface area contributed by atoms with E-state index in [0.717, 1.165) is 18.3 Å². The van der Waals surface area contributed by atoms with Crippen LogP contribution < -0.4 is 14.9 Å². The molecule has 0 bridgehead atoms. The van der Waals surface area contributed by atoms with E-state index in [4.69, 9.17) is 9.47 Å². The molecule has 0 unspecified atom stereocenters. The van der Waals surface area contributed by atoms with E-state index in [-0.39, 0.29) is 22.6 Å². The second-order valence-corrected chi connectivity index (χ2v) is 4.80. The third kappa shape index (κ3) is 4.44. The number of amides is 1. The van der Waals surface area contributed by atoms with E-state index in [0.29, 0.717) is 11.5 Å². The van der Waals surface area contributed by atoms with Crippen molar-refractivity contribution in [3.05, 3.63) is 57.6 Å². The van der Waals surface area contributed by atoms with Crippen molar-refractivity contribution in [2.45, 2.75) is 0 Å². The Morgan fingerprint density at radius 3 is 2.40 bits per heavy atom. The standard InChI is InChI=1S/C16H15N3O6/c1-24-13-6-10(7-14(8-13)25-2)16(21)18-17-9-11-5-12(19(22)23)3-4-15(11)20/h3-9,20H,1-2H3,(H,18,21). The van der Waals surface area contributed by atoms with E-state index in [1.807, 2.05) is 0 Å². The molecule has 0 radical (unpaired) electrons. The van der Waals surface area contributed by atoms with Gasteiger partial charge < -0.3 is 14.6 Å². The molecule has 0 atom stereocenters. The molecule has 0 aromatic heterocycles. The third-order valence-corrected chi connectivity index (χ3v) is 3.21. The summed E-state index contributed by atoms with van der Waals surface area (Å²) in [5.41, 5.74) is 2.40. The Kier molecular flexibility index (Phi) is 5.51. The van der Waals surface area contributed by atoms with Gasteiger partial charge in [0.15, 0.2) is 0 Å². The first-order chi connectivity index (χ1) is 11.9. The minimum atomic E-state index is -0.599. The lowest BCUT2D eigenvalue weighted by Crippen LogP contribution is -2.17. The second kappa shape index (κ2) is 7.77. The van der Waals surface area contributed by atoms with Gasteiger partial charge in [0.05, 0.1) is 25.4 Å². The predicted octanol–water partition coefficient (Wildman–Crippen LogP) is 2.08. The first kappa shape index (κ1) is 17.7. The number of hydrazone groups is 1. The Labute approximate surface area is 142 Å². The van der Waals surface area contributed by atoms with Crippen molar-refractivity contribution in [1.82, 2.24) is 5.43 Å². The van der Waals surface area contributed by atoms with Crippen LogP contribution in [-0.4, -0.2) is 36.4 Å². The van der Waals surface area contributed by atoms with Gasteiger partial charge in [0, 0.05) is 29.3 Å². The van der Waals surface area contributed by atoms with Crippen molar-refractivity contribution in [3.8, 4) is 17.2 Å². The summed E-state index contributed by atoms with van der Waals surface area (Å²) in [7, 11) is 2.92. The Morgan fingerprint density at radius 2 is 1.84 bits per heavy atom. The molecule has 0 fully saturated rings. The first-order valence-corrected chi connectivity index (χ1v) is 6.98. The molecular formula is C16H15N3O6. The Morgan fingerprint density at radius 1 is 1.20 bits per heavy atom. The number of hydrogen-bond donors (Lipinski definition) is 2. The molecule has 9 heteroatoms. The van der Waals surface area contributed by atoms with Gasteiger partial charge in [0.2, 0.25) is 0 Å². The molecule has 0 saturated heterocycles. The number of carbonyl (C=O) groups is 1. The number of ether oxygens (including phenoxy) is 2. The zero-order valence-corrected chi connectivity index (χ0v) is 13.4. The summed E-state index contributed by atoms with van der Waals surface area (Å²) in [6.07, 6.45) is 1.11. The Hall–Kier alpha value is -3.62. The summed E-state index contributed by atoms with van der Waals surface area (Å²) < 4.78 is 10.2. The fourth-order valence-corrected chi connectivity index (χ4v) is 1.92. The highest BCUT2D eigenvalue weighted by Gasteiger charge is 2.11. The van der Waals surface area contributed by atoms with Gasteiger partial charge in [0.1, 0.15) is 17.2 Å². The molecule has 0 heterocycles. The van der Waals surface area contributed by atoms with Gasteiger partial charge in [-0.3, -0.25) is 14.9 Å². The van der Waals surface area contributed by atoms with E-state index < -0.39 is 10.8 Å². The van der Waals surface area contributed by atoms with Crippen molar-refractivity contribution < 1.29 is 24.3 Å². The van der Waals surface area contributed by atoms with Gasteiger partial charge in [-0.1, -0.05) is 0 Å². The highest BCUT2D eigenvalue weighted by atomic mass is 16.6. The third-order valence-electron chi connectivity index (χ3n) is 3.21. The van der Waals surface area contributed by atoms with Crippen molar-refractivity contribution in [3.63, 3.8) is 0 Å². The van der Waals surface area contributed by atoms with Gasteiger partial charge in [-0.05, 0) is 18.2 Å². The summed E-state index contributed by atoms with van der Waals surface area (Å²) in [6.45, 7) is 0. The number of carbonyl (C=O) groups excluding carboxylic acids is 1. The smallest absolute Gasteiger partial charge is 0.271 e.